The van der Waals surface area contributed by atoms with Gasteiger partial charge in [0, 0.05) is 24.5 Å². The molecule has 29 heavy (non-hydrogen) atoms. The fraction of sp³-hybridized carbons (Fsp3) is 0.211. The number of fused-ring (bicyclic) bond motifs is 1. The van der Waals surface area contributed by atoms with Gasteiger partial charge in [-0.05, 0) is 24.3 Å². The third kappa shape index (κ3) is 3.74. The van der Waals surface area contributed by atoms with Crippen LogP contribution in [0.15, 0.2) is 41.3 Å². The Morgan fingerprint density at radius 1 is 1.24 bits per heavy atom. The second-order valence-electron chi connectivity index (χ2n) is 6.31. The first-order valence-corrected chi connectivity index (χ1v) is 9.07. The molecule has 0 spiro atoms. The van der Waals surface area contributed by atoms with Gasteiger partial charge in [-0.15, -0.1) is 0 Å². The maximum Gasteiger partial charge on any atom is 0.511 e. The van der Waals surface area contributed by atoms with Gasteiger partial charge in [0.25, 0.3) is 0 Å². The van der Waals surface area contributed by atoms with Crippen molar-refractivity contribution in [2.75, 3.05) is 31.2 Å². The smallest absolute Gasteiger partial charge is 0.449 e. The zero-order valence-corrected chi connectivity index (χ0v) is 15.7. The first-order valence-electron chi connectivity index (χ1n) is 8.69. The van der Waals surface area contributed by atoms with E-state index in [9.17, 15) is 14.0 Å². The van der Waals surface area contributed by atoms with E-state index in [-0.39, 0.29) is 11.0 Å². The van der Waals surface area contributed by atoms with Gasteiger partial charge in [0.15, 0.2) is 22.4 Å². The van der Waals surface area contributed by atoms with Crippen LogP contribution in [0.25, 0.3) is 16.7 Å². The maximum atomic E-state index is 13.9. The van der Waals surface area contributed by atoms with E-state index >= 15 is 0 Å². The lowest BCUT2D eigenvalue weighted by Gasteiger charge is -2.29. The summed E-state index contributed by atoms with van der Waals surface area (Å²) in [7, 11) is 0. The molecule has 0 saturated carbocycles. The molecular formula is C19H15ClFN3O5. The number of hydrogen-bond donors (Lipinski definition) is 1. The highest BCUT2D eigenvalue weighted by Crippen LogP contribution is 2.26. The molecule has 1 aliphatic heterocycles. The molecule has 3 heterocycles. The summed E-state index contributed by atoms with van der Waals surface area (Å²) in [5.74, 6) is -1.36. The molecule has 1 aromatic carbocycles. The Kier molecular flexibility index (Phi) is 5.08. The van der Waals surface area contributed by atoms with E-state index in [2.05, 4.69) is 14.6 Å². The Hall–Kier alpha value is -3.17. The number of nitrogens with zero attached hydrogens (tertiary/aromatic N) is 3. The third-order valence-electron chi connectivity index (χ3n) is 4.54. The monoisotopic (exact) mass is 419 g/mol. The van der Waals surface area contributed by atoms with Gasteiger partial charge in [-0.2, -0.15) is 0 Å². The first kappa shape index (κ1) is 19.2. The minimum atomic E-state index is -1.66. The summed E-state index contributed by atoms with van der Waals surface area (Å²) in [5, 5.41) is 8.39. The Labute approximate surface area is 168 Å². The van der Waals surface area contributed by atoms with Crippen molar-refractivity contribution in [2.24, 2.45) is 0 Å². The van der Waals surface area contributed by atoms with Crippen molar-refractivity contribution in [1.29, 1.82) is 0 Å². The Balaban J connectivity index is 1.92. The number of rotatable bonds is 3. The molecule has 2 aromatic heterocycles. The summed E-state index contributed by atoms with van der Waals surface area (Å²) in [6.45, 7) is 2.66. The van der Waals surface area contributed by atoms with Crippen molar-refractivity contribution in [3.8, 4) is 11.4 Å². The minimum Gasteiger partial charge on any atom is -0.449 e. The molecule has 0 radical (unpaired) electrons. The number of morpholine rings is 1. The van der Waals surface area contributed by atoms with Crippen LogP contribution in [0.5, 0.6) is 5.75 Å². The molecule has 150 valence electrons. The van der Waals surface area contributed by atoms with Crippen LogP contribution < -0.4 is 15.1 Å². The largest absolute Gasteiger partial charge is 0.511 e. The van der Waals surface area contributed by atoms with Gasteiger partial charge in [0.05, 0.1) is 24.8 Å². The fourth-order valence-corrected chi connectivity index (χ4v) is 3.34. The fourth-order valence-electron chi connectivity index (χ4n) is 3.20. The lowest BCUT2D eigenvalue weighted by molar-refractivity contribution is 0.122. The van der Waals surface area contributed by atoms with E-state index in [0.717, 1.165) is 24.8 Å². The second-order valence-corrected chi connectivity index (χ2v) is 6.67. The molecule has 0 amide bonds. The SMILES string of the molecule is O=C(O)Oc1cn(-c2cccc(N3CCOCC3)c2)c2nc(Cl)c(F)cc2c1=O. The van der Waals surface area contributed by atoms with Crippen LogP contribution in [0, 0.1) is 5.82 Å². The summed E-state index contributed by atoms with van der Waals surface area (Å²) >= 11 is 5.83. The van der Waals surface area contributed by atoms with Crippen LogP contribution in [-0.4, -0.2) is 47.1 Å². The van der Waals surface area contributed by atoms with Crippen molar-refractivity contribution < 1.29 is 23.8 Å². The lowest BCUT2D eigenvalue weighted by Crippen LogP contribution is -2.36. The summed E-state index contributed by atoms with van der Waals surface area (Å²) in [4.78, 5) is 29.7. The molecule has 0 unspecified atom stereocenters. The summed E-state index contributed by atoms with van der Waals surface area (Å²) in [6, 6.07) is 8.25. The van der Waals surface area contributed by atoms with E-state index in [1.54, 1.807) is 6.07 Å². The molecule has 3 aromatic rings. The van der Waals surface area contributed by atoms with Crippen molar-refractivity contribution in [3.05, 3.63) is 57.7 Å². The molecule has 0 aliphatic carbocycles. The molecule has 1 aliphatic rings. The molecule has 4 rings (SSSR count). The Bertz CT molecular complexity index is 1160. The molecule has 0 atom stereocenters. The normalized spacial score (nSPS) is 14.2. The van der Waals surface area contributed by atoms with E-state index in [0.29, 0.717) is 18.9 Å². The molecule has 1 N–H and O–H groups in total. The van der Waals surface area contributed by atoms with Crippen LogP contribution in [0.3, 0.4) is 0 Å². The molecule has 8 nitrogen and oxygen atoms in total. The molecule has 10 heteroatoms. The van der Waals surface area contributed by atoms with E-state index in [1.165, 1.54) is 10.8 Å². The number of hydrogen-bond acceptors (Lipinski definition) is 6. The van der Waals surface area contributed by atoms with Crippen LogP contribution >= 0.6 is 11.6 Å². The van der Waals surface area contributed by atoms with Crippen molar-refractivity contribution in [2.45, 2.75) is 0 Å². The number of anilines is 1. The predicted octanol–water partition coefficient (Wildman–Crippen LogP) is 3.07. The van der Waals surface area contributed by atoms with E-state index < -0.39 is 28.3 Å². The van der Waals surface area contributed by atoms with Crippen molar-refractivity contribution >= 4 is 34.5 Å². The number of ether oxygens (including phenoxy) is 2. The van der Waals surface area contributed by atoms with Gasteiger partial charge in [-0.3, -0.25) is 9.36 Å². The second kappa shape index (κ2) is 7.69. The van der Waals surface area contributed by atoms with Crippen LogP contribution in [0.1, 0.15) is 0 Å². The number of carbonyl (C=O) groups is 1. The van der Waals surface area contributed by atoms with Gasteiger partial charge < -0.3 is 19.5 Å². The average molecular weight is 420 g/mol. The van der Waals surface area contributed by atoms with E-state index in [4.69, 9.17) is 21.4 Å². The van der Waals surface area contributed by atoms with Gasteiger partial charge in [-0.25, -0.2) is 14.2 Å². The Morgan fingerprint density at radius 2 is 1.97 bits per heavy atom. The first-order chi connectivity index (χ1) is 13.9. The number of halogens is 2. The van der Waals surface area contributed by atoms with E-state index in [1.807, 2.05) is 18.2 Å². The topological polar surface area (TPSA) is 93.9 Å². The quantitative estimate of drug-likeness (QED) is 0.515. The van der Waals surface area contributed by atoms with Crippen LogP contribution in [-0.2, 0) is 4.74 Å². The van der Waals surface area contributed by atoms with Gasteiger partial charge in [-0.1, -0.05) is 17.7 Å². The van der Waals surface area contributed by atoms with Crippen molar-refractivity contribution in [1.82, 2.24) is 9.55 Å². The third-order valence-corrected chi connectivity index (χ3v) is 4.80. The van der Waals surface area contributed by atoms with Gasteiger partial charge in [0.2, 0.25) is 5.43 Å². The number of carboxylic acid groups (broad SMARTS) is 1. The molecule has 1 fully saturated rings. The number of aromatic nitrogens is 2. The van der Waals surface area contributed by atoms with Gasteiger partial charge >= 0.3 is 6.16 Å². The maximum absolute atomic E-state index is 13.9. The van der Waals surface area contributed by atoms with Crippen molar-refractivity contribution in [3.63, 3.8) is 0 Å². The lowest BCUT2D eigenvalue weighted by atomic mass is 10.2. The zero-order valence-electron chi connectivity index (χ0n) is 15.0. The highest BCUT2D eigenvalue weighted by molar-refractivity contribution is 6.29. The standard InChI is InChI=1S/C19H15ClFN3O5/c20-17-14(21)9-13-16(25)15(29-19(26)27)10-24(18(13)22-17)12-3-1-2-11(8-12)23-4-6-28-7-5-23/h1-3,8-10H,4-7H2,(H,26,27). The number of benzene rings is 1. The minimum absolute atomic E-state index is 0.0817. The highest BCUT2D eigenvalue weighted by atomic mass is 35.5. The number of pyridine rings is 2. The molecule has 0 bridgehead atoms. The van der Waals surface area contributed by atoms with Gasteiger partial charge in [0.1, 0.15) is 0 Å². The highest BCUT2D eigenvalue weighted by Gasteiger charge is 2.18. The Morgan fingerprint density at radius 3 is 2.69 bits per heavy atom. The summed E-state index contributed by atoms with van der Waals surface area (Å²) < 4.78 is 25.4. The van der Waals surface area contributed by atoms with Crippen LogP contribution in [0.2, 0.25) is 5.15 Å². The summed E-state index contributed by atoms with van der Waals surface area (Å²) in [6.07, 6.45) is -0.448. The zero-order chi connectivity index (χ0) is 20.5. The predicted molar refractivity (Wildman–Crippen MR) is 104 cm³/mol. The molecule has 1 saturated heterocycles. The molecular weight excluding hydrogens is 405 g/mol. The summed E-state index contributed by atoms with van der Waals surface area (Å²) in [5.41, 5.74) is 0.764. The average Bonchev–Trinajstić information content (AvgIpc) is 2.72. The van der Waals surface area contributed by atoms with Crippen LogP contribution in [0.4, 0.5) is 14.9 Å².